The zero-order valence-corrected chi connectivity index (χ0v) is 32.2. The van der Waals surface area contributed by atoms with Gasteiger partial charge >= 0.3 is 0 Å². The maximum Gasteiger partial charge on any atom is 0.164 e. The Labute approximate surface area is 327 Å². The summed E-state index contributed by atoms with van der Waals surface area (Å²) < 4.78 is 9.21. The van der Waals surface area contributed by atoms with Crippen molar-refractivity contribution in [1.29, 1.82) is 0 Å². The van der Waals surface area contributed by atoms with Crippen molar-refractivity contribution in [3.8, 4) is 56.4 Å². The van der Waals surface area contributed by atoms with E-state index in [0.717, 1.165) is 44.2 Å². The summed E-state index contributed by atoms with van der Waals surface area (Å²) in [6.07, 6.45) is 0. The zero-order valence-electron chi connectivity index (χ0n) is 31.4. The van der Waals surface area contributed by atoms with Crippen LogP contribution in [0.2, 0.25) is 0 Å². The third-order valence-corrected chi connectivity index (χ3v) is 12.7. The SMILES string of the molecule is Bc1c(B)c(B)c(-c2cccc(-c3nc(-c4ccccc4)nc(-c4ccc5c(c4)oc4cccc(-c6cccc7c6sc6ccccc67)c45)n3)c2)c(B)c1B. The Morgan fingerprint density at radius 1 is 0.418 bits per heavy atom. The molecule has 0 fully saturated rings. The topological polar surface area (TPSA) is 51.8 Å². The first-order chi connectivity index (χ1) is 26.8. The van der Waals surface area contributed by atoms with Gasteiger partial charge in [0.2, 0.25) is 0 Å². The highest BCUT2D eigenvalue weighted by atomic mass is 32.1. The molecule has 7 aromatic carbocycles. The lowest BCUT2D eigenvalue weighted by Crippen LogP contribution is -2.55. The lowest BCUT2D eigenvalue weighted by Gasteiger charge is -2.20. The van der Waals surface area contributed by atoms with Gasteiger partial charge in [0, 0.05) is 53.2 Å². The van der Waals surface area contributed by atoms with Gasteiger partial charge in [0.05, 0.1) is 0 Å². The molecule has 254 valence electrons. The summed E-state index contributed by atoms with van der Waals surface area (Å²) in [7, 11) is 11.1. The highest BCUT2D eigenvalue weighted by Gasteiger charge is 2.20. The summed E-state index contributed by atoms with van der Waals surface area (Å²) in [6.45, 7) is 0. The summed E-state index contributed by atoms with van der Waals surface area (Å²) in [4.78, 5) is 15.3. The van der Waals surface area contributed by atoms with Gasteiger partial charge in [-0.25, -0.2) is 15.0 Å². The molecular weight excluding hydrogens is 685 g/mol. The van der Waals surface area contributed by atoms with Crippen molar-refractivity contribution in [1.82, 2.24) is 15.0 Å². The van der Waals surface area contributed by atoms with Crippen LogP contribution in [0.1, 0.15) is 0 Å². The predicted molar refractivity (Wildman–Crippen MR) is 248 cm³/mol. The van der Waals surface area contributed by atoms with Crippen molar-refractivity contribution >= 4 is 120 Å². The van der Waals surface area contributed by atoms with Crippen LogP contribution in [0.5, 0.6) is 0 Å². The Hall–Kier alpha value is -6.11. The van der Waals surface area contributed by atoms with Gasteiger partial charge in [-0.2, -0.15) is 0 Å². The third-order valence-electron chi connectivity index (χ3n) is 11.5. The number of furan rings is 1. The maximum absolute atomic E-state index is 6.62. The number of hydrogen-bond acceptors (Lipinski definition) is 5. The van der Waals surface area contributed by atoms with Crippen molar-refractivity contribution in [2.24, 2.45) is 0 Å². The average Bonchev–Trinajstić information content (AvgIpc) is 3.81. The summed E-state index contributed by atoms with van der Waals surface area (Å²) in [5, 5.41) is 4.75. The number of thiophene rings is 1. The molecule has 0 aliphatic heterocycles. The number of hydrogen-bond donors (Lipinski definition) is 0. The van der Waals surface area contributed by atoms with Gasteiger partial charge < -0.3 is 4.42 Å². The lowest BCUT2D eigenvalue weighted by atomic mass is 9.59. The Morgan fingerprint density at radius 3 is 1.78 bits per heavy atom. The molecular formula is C45H32B5N3OS. The highest BCUT2D eigenvalue weighted by molar-refractivity contribution is 7.26. The highest BCUT2D eigenvalue weighted by Crippen LogP contribution is 2.44. The third kappa shape index (κ3) is 5.46. The molecule has 0 aliphatic carbocycles. The van der Waals surface area contributed by atoms with E-state index in [4.69, 9.17) is 19.4 Å². The summed E-state index contributed by atoms with van der Waals surface area (Å²) in [5.74, 6) is 1.86. The van der Waals surface area contributed by atoms with Gasteiger partial charge in [-0.1, -0.05) is 114 Å². The van der Waals surface area contributed by atoms with Gasteiger partial charge in [0.1, 0.15) is 50.4 Å². The molecule has 0 atom stereocenters. The second-order valence-corrected chi connectivity index (χ2v) is 15.6. The van der Waals surface area contributed by atoms with Crippen LogP contribution in [0.25, 0.3) is 98.5 Å². The summed E-state index contributed by atoms with van der Waals surface area (Å²) in [6, 6.07) is 46.8. The van der Waals surface area contributed by atoms with E-state index in [1.165, 1.54) is 64.2 Å². The quantitative estimate of drug-likeness (QED) is 0.255. The van der Waals surface area contributed by atoms with E-state index in [-0.39, 0.29) is 0 Å². The van der Waals surface area contributed by atoms with Crippen molar-refractivity contribution in [3.05, 3.63) is 133 Å². The van der Waals surface area contributed by atoms with Crippen LogP contribution in [0, 0.1) is 0 Å². The Balaban J connectivity index is 1.13. The average molecular weight is 717 g/mol. The van der Waals surface area contributed by atoms with E-state index in [0.29, 0.717) is 17.5 Å². The molecule has 0 amide bonds. The molecule has 10 rings (SSSR count). The van der Waals surface area contributed by atoms with Crippen LogP contribution in [0.15, 0.2) is 138 Å². The van der Waals surface area contributed by atoms with Gasteiger partial charge in [0.15, 0.2) is 17.5 Å². The summed E-state index contributed by atoms with van der Waals surface area (Å²) >= 11 is 1.85. The number of benzene rings is 7. The molecule has 0 saturated carbocycles. The first kappa shape index (κ1) is 33.5. The molecule has 0 aliphatic rings. The van der Waals surface area contributed by atoms with Crippen LogP contribution < -0.4 is 27.3 Å². The van der Waals surface area contributed by atoms with Crippen molar-refractivity contribution < 1.29 is 4.42 Å². The molecule has 10 heteroatoms. The Bertz CT molecular complexity index is 3150. The molecule has 3 heterocycles. The van der Waals surface area contributed by atoms with E-state index in [2.05, 4.69) is 142 Å². The van der Waals surface area contributed by atoms with E-state index >= 15 is 0 Å². The van der Waals surface area contributed by atoms with Gasteiger partial charge in [-0.3, -0.25) is 0 Å². The minimum Gasteiger partial charge on any atom is -0.456 e. The predicted octanol–water partition coefficient (Wildman–Crippen LogP) is 3.77. The molecule has 0 saturated heterocycles. The van der Waals surface area contributed by atoms with Crippen molar-refractivity contribution in [2.75, 3.05) is 0 Å². The van der Waals surface area contributed by atoms with Crippen LogP contribution in [0.3, 0.4) is 0 Å². The normalized spacial score (nSPS) is 11.6. The fraction of sp³-hybridized carbons (Fsp3) is 0. The van der Waals surface area contributed by atoms with E-state index in [9.17, 15) is 0 Å². The number of aromatic nitrogens is 3. The molecule has 55 heavy (non-hydrogen) atoms. The van der Waals surface area contributed by atoms with Crippen molar-refractivity contribution in [2.45, 2.75) is 0 Å². The first-order valence-electron chi connectivity index (χ1n) is 18.7. The monoisotopic (exact) mass is 717 g/mol. The fourth-order valence-electron chi connectivity index (χ4n) is 8.25. The van der Waals surface area contributed by atoms with Crippen LogP contribution in [-0.4, -0.2) is 54.2 Å². The standard InChI is InChI=1S/C45H32B5N3OS/c46-37-35(38(47)40(49)41(50)39(37)48)24-11-6-12-25(21-24)44-51-43(23-9-2-1-3-10-23)52-45(53-44)26-19-20-31-33(22-26)54-32-17-8-14-28(36(31)32)30-16-7-15-29-27-13-4-5-18-34(27)55-42(29)30/h1-22H,46-50H2. The number of rotatable bonds is 5. The Kier molecular flexibility index (Phi) is 7.93. The number of fused-ring (bicyclic) bond motifs is 6. The summed E-state index contributed by atoms with van der Waals surface area (Å²) in [5.41, 5.74) is 15.9. The van der Waals surface area contributed by atoms with Crippen LogP contribution in [0.4, 0.5) is 0 Å². The second kappa shape index (κ2) is 13.0. The molecule has 0 bridgehead atoms. The first-order valence-corrected chi connectivity index (χ1v) is 19.5. The molecule has 0 unspecified atom stereocenters. The molecule has 4 nitrogen and oxygen atoms in total. The molecule has 0 spiro atoms. The smallest absolute Gasteiger partial charge is 0.164 e. The fourth-order valence-corrected chi connectivity index (χ4v) is 9.48. The minimum absolute atomic E-state index is 0.598. The molecule has 0 N–H and O–H groups in total. The maximum atomic E-state index is 6.62. The molecule has 0 radical (unpaired) electrons. The van der Waals surface area contributed by atoms with Crippen LogP contribution >= 0.6 is 11.3 Å². The lowest BCUT2D eigenvalue weighted by molar-refractivity contribution is 0.669. The van der Waals surface area contributed by atoms with E-state index < -0.39 is 0 Å². The Morgan fingerprint density at radius 2 is 1.00 bits per heavy atom. The minimum atomic E-state index is 0.598. The van der Waals surface area contributed by atoms with Gasteiger partial charge in [-0.15, -0.1) is 27.7 Å². The molecule has 10 aromatic rings. The number of nitrogens with zero attached hydrogens (tertiary/aromatic N) is 3. The molecule has 3 aromatic heterocycles. The van der Waals surface area contributed by atoms with Gasteiger partial charge in [-0.05, 0) is 47.0 Å². The van der Waals surface area contributed by atoms with E-state index in [1.807, 2.05) is 41.7 Å². The van der Waals surface area contributed by atoms with Crippen molar-refractivity contribution in [3.63, 3.8) is 0 Å². The van der Waals surface area contributed by atoms with Crippen LogP contribution in [-0.2, 0) is 0 Å². The second-order valence-electron chi connectivity index (χ2n) is 14.5. The van der Waals surface area contributed by atoms with E-state index in [1.54, 1.807) is 0 Å². The largest absolute Gasteiger partial charge is 0.456 e. The van der Waals surface area contributed by atoms with Gasteiger partial charge in [0.25, 0.3) is 0 Å². The zero-order chi connectivity index (χ0) is 37.4.